The molecule has 0 aliphatic rings. The Balaban J connectivity index is 1.64. The molecule has 0 aliphatic carbocycles. The average molecular weight is 405 g/mol. The zero-order valence-electron chi connectivity index (χ0n) is 15.3. The van der Waals surface area contributed by atoms with E-state index < -0.39 is 0 Å². The van der Waals surface area contributed by atoms with Gasteiger partial charge in [-0.3, -0.25) is 10.2 Å². The number of hydrogen-bond donors (Lipinski definition) is 2. The highest BCUT2D eigenvalue weighted by atomic mass is 35.5. The predicted octanol–water partition coefficient (Wildman–Crippen LogP) is 5.54. The second-order valence-electron chi connectivity index (χ2n) is 6.47. The lowest BCUT2D eigenvalue weighted by Crippen LogP contribution is -2.25. The van der Waals surface area contributed by atoms with Crippen LogP contribution in [-0.4, -0.2) is 29.0 Å². The molecule has 3 aromatic rings. The molecule has 142 valence electrons. The standard InChI is InChI=1S/C19H21ClN4O2S/c1-12(2)24(3)9-17-11-27-19(22-17)23-18(25)21-16-7-14(6-15(20)8-16)13-4-5-26-10-13/h4-8,10-12H,9H2,1-3H3,(H2,21,22,23,25). The van der Waals surface area contributed by atoms with Crippen molar-refractivity contribution in [1.82, 2.24) is 9.88 Å². The monoisotopic (exact) mass is 404 g/mol. The van der Waals surface area contributed by atoms with E-state index in [1.807, 2.05) is 30.6 Å². The highest BCUT2D eigenvalue weighted by Gasteiger charge is 2.11. The molecule has 0 atom stereocenters. The van der Waals surface area contributed by atoms with Gasteiger partial charge in [0, 0.05) is 34.2 Å². The van der Waals surface area contributed by atoms with E-state index in [1.54, 1.807) is 18.6 Å². The van der Waals surface area contributed by atoms with Gasteiger partial charge in [-0.1, -0.05) is 11.6 Å². The van der Waals surface area contributed by atoms with Crippen molar-refractivity contribution in [2.75, 3.05) is 17.7 Å². The first-order valence-corrected chi connectivity index (χ1v) is 9.72. The molecule has 27 heavy (non-hydrogen) atoms. The Labute approximate surface area is 167 Å². The Morgan fingerprint density at radius 3 is 2.81 bits per heavy atom. The van der Waals surface area contributed by atoms with E-state index in [0.717, 1.165) is 23.4 Å². The normalized spacial score (nSPS) is 11.2. The Hall–Kier alpha value is -2.35. The second kappa shape index (κ2) is 8.56. The number of nitrogens with one attached hydrogen (secondary N) is 2. The maximum Gasteiger partial charge on any atom is 0.325 e. The summed E-state index contributed by atoms with van der Waals surface area (Å²) in [7, 11) is 2.04. The maximum atomic E-state index is 12.3. The van der Waals surface area contributed by atoms with Crippen LogP contribution in [0.4, 0.5) is 15.6 Å². The van der Waals surface area contributed by atoms with E-state index >= 15 is 0 Å². The van der Waals surface area contributed by atoms with Gasteiger partial charge >= 0.3 is 6.03 Å². The van der Waals surface area contributed by atoms with Crippen LogP contribution in [0.5, 0.6) is 0 Å². The average Bonchev–Trinajstić information content (AvgIpc) is 3.26. The molecular formula is C19H21ClN4O2S. The molecule has 0 unspecified atom stereocenters. The van der Waals surface area contributed by atoms with Crippen LogP contribution >= 0.6 is 22.9 Å². The molecule has 0 spiro atoms. The van der Waals surface area contributed by atoms with E-state index in [2.05, 4.69) is 34.4 Å². The first-order chi connectivity index (χ1) is 12.9. The molecule has 0 aliphatic heterocycles. The minimum atomic E-state index is -0.367. The molecule has 2 heterocycles. The number of nitrogens with zero attached hydrogens (tertiary/aromatic N) is 2. The number of rotatable bonds is 6. The number of anilines is 2. The molecular weight excluding hydrogens is 384 g/mol. The third-order valence-corrected chi connectivity index (χ3v) is 5.10. The highest BCUT2D eigenvalue weighted by Crippen LogP contribution is 2.28. The van der Waals surface area contributed by atoms with Crippen LogP contribution in [0.25, 0.3) is 11.1 Å². The van der Waals surface area contributed by atoms with Gasteiger partial charge in [0.05, 0.1) is 18.2 Å². The molecule has 3 rings (SSSR count). The van der Waals surface area contributed by atoms with Crippen LogP contribution in [0.3, 0.4) is 0 Å². The highest BCUT2D eigenvalue weighted by molar-refractivity contribution is 7.13. The maximum absolute atomic E-state index is 12.3. The van der Waals surface area contributed by atoms with Gasteiger partial charge in [0.1, 0.15) is 0 Å². The molecule has 1 aromatic carbocycles. The summed E-state index contributed by atoms with van der Waals surface area (Å²) in [6, 6.07) is 7.23. The summed E-state index contributed by atoms with van der Waals surface area (Å²) in [6.45, 7) is 4.99. The molecule has 8 heteroatoms. The number of carbonyl (C=O) groups is 1. The smallest absolute Gasteiger partial charge is 0.325 e. The predicted molar refractivity (Wildman–Crippen MR) is 111 cm³/mol. The number of halogens is 1. The fraction of sp³-hybridized carbons (Fsp3) is 0.263. The Kier molecular flexibility index (Phi) is 6.15. The minimum Gasteiger partial charge on any atom is -0.472 e. The first kappa shape index (κ1) is 19.4. The van der Waals surface area contributed by atoms with E-state index in [9.17, 15) is 4.79 Å². The molecule has 2 N–H and O–H groups in total. The van der Waals surface area contributed by atoms with Crippen LogP contribution in [0.15, 0.2) is 46.6 Å². The SMILES string of the molecule is CC(C)N(C)Cc1csc(NC(=O)Nc2cc(Cl)cc(-c3ccoc3)c2)n1. The lowest BCUT2D eigenvalue weighted by atomic mass is 10.1. The van der Waals surface area contributed by atoms with Crippen molar-refractivity contribution in [3.8, 4) is 11.1 Å². The van der Waals surface area contributed by atoms with Crippen molar-refractivity contribution < 1.29 is 9.21 Å². The third kappa shape index (κ3) is 5.32. The summed E-state index contributed by atoms with van der Waals surface area (Å²) in [5, 5.41) is 8.58. The number of benzene rings is 1. The fourth-order valence-corrected chi connectivity index (χ4v) is 3.32. The summed E-state index contributed by atoms with van der Waals surface area (Å²) < 4.78 is 5.10. The zero-order valence-corrected chi connectivity index (χ0v) is 16.9. The summed E-state index contributed by atoms with van der Waals surface area (Å²) in [5.41, 5.74) is 3.27. The Morgan fingerprint density at radius 1 is 1.30 bits per heavy atom. The number of thiazole rings is 1. The minimum absolute atomic E-state index is 0.367. The van der Waals surface area contributed by atoms with Gasteiger partial charge < -0.3 is 9.73 Å². The second-order valence-corrected chi connectivity index (χ2v) is 7.77. The van der Waals surface area contributed by atoms with Gasteiger partial charge in [0.2, 0.25) is 0 Å². The molecule has 0 bridgehead atoms. The molecule has 0 radical (unpaired) electrons. The van der Waals surface area contributed by atoms with Gasteiger partial charge in [-0.05, 0) is 50.7 Å². The molecule has 0 saturated heterocycles. The van der Waals surface area contributed by atoms with Crippen molar-refractivity contribution in [1.29, 1.82) is 0 Å². The first-order valence-electron chi connectivity index (χ1n) is 8.46. The molecule has 0 fully saturated rings. The lowest BCUT2D eigenvalue weighted by Gasteiger charge is -2.19. The number of furan rings is 1. The van der Waals surface area contributed by atoms with Gasteiger partial charge in [-0.2, -0.15) is 0 Å². The number of hydrogen-bond acceptors (Lipinski definition) is 5. The summed E-state index contributed by atoms with van der Waals surface area (Å²) in [5.74, 6) is 0. The Morgan fingerprint density at radius 2 is 2.11 bits per heavy atom. The number of urea groups is 1. The molecule has 6 nitrogen and oxygen atoms in total. The van der Waals surface area contributed by atoms with Crippen LogP contribution < -0.4 is 10.6 Å². The van der Waals surface area contributed by atoms with Crippen molar-refractivity contribution in [3.05, 3.63) is 52.9 Å². The van der Waals surface area contributed by atoms with E-state index in [0.29, 0.717) is 21.9 Å². The molecule has 0 saturated carbocycles. The van der Waals surface area contributed by atoms with Gasteiger partial charge in [-0.15, -0.1) is 11.3 Å². The van der Waals surface area contributed by atoms with Crippen molar-refractivity contribution >= 4 is 39.8 Å². The molecule has 2 amide bonds. The van der Waals surface area contributed by atoms with Crippen molar-refractivity contribution in [3.63, 3.8) is 0 Å². The van der Waals surface area contributed by atoms with Crippen molar-refractivity contribution in [2.45, 2.75) is 26.4 Å². The summed E-state index contributed by atoms with van der Waals surface area (Å²) in [6.07, 6.45) is 3.22. The fourth-order valence-electron chi connectivity index (χ4n) is 2.39. The Bertz CT molecular complexity index is 908. The topological polar surface area (TPSA) is 70.4 Å². The van der Waals surface area contributed by atoms with Crippen LogP contribution in [0.2, 0.25) is 5.02 Å². The van der Waals surface area contributed by atoms with E-state index in [4.69, 9.17) is 16.0 Å². The quantitative estimate of drug-likeness (QED) is 0.565. The number of aromatic nitrogens is 1. The van der Waals surface area contributed by atoms with Gasteiger partial charge in [0.15, 0.2) is 5.13 Å². The van der Waals surface area contributed by atoms with Crippen LogP contribution in [0.1, 0.15) is 19.5 Å². The number of amides is 2. The lowest BCUT2D eigenvalue weighted by molar-refractivity contribution is 0.261. The van der Waals surface area contributed by atoms with Crippen molar-refractivity contribution in [2.24, 2.45) is 0 Å². The number of carbonyl (C=O) groups excluding carboxylic acids is 1. The van der Waals surface area contributed by atoms with Crippen LogP contribution in [0, 0.1) is 0 Å². The largest absolute Gasteiger partial charge is 0.472 e. The van der Waals surface area contributed by atoms with E-state index in [1.165, 1.54) is 11.3 Å². The molecule has 2 aromatic heterocycles. The third-order valence-electron chi connectivity index (χ3n) is 4.08. The van der Waals surface area contributed by atoms with Gasteiger partial charge in [-0.25, -0.2) is 9.78 Å². The van der Waals surface area contributed by atoms with Gasteiger partial charge in [0.25, 0.3) is 0 Å². The van der Waals surface area contributed by atoms with E-state index in [-0.39, 0.29) is 6.03 Å². The summed E-state index contributed by atoms with van der Waals surface area (Å²) in [4.78, 5) is 18.9. The van der Waals surface area contributed by atoms with Crippen LogP contribution in [-0.2, 0) is 6.54 Å². The summed E-state index contributed by atoms with van der Waals surface area (Å²) >= 11 is 7.57. The zero-order chi connectivity index (χ0) is 19.4.